The van der Waals surface area contributed by atoms with Crippen LogP contribution in [-0.2, 0) is 5.54 Å². The number of hydrogen-bond donors (Lipinski definition) is 2. The second-order valence-corrected chi connectivity index (χ2v) is 7.08. The third-order valence-corrected chi connectivity index (χ3v) is 5.08. The molecule has 0 atom stereocenters. The van der Waals surface area contributed by atoms with Gasteiger partial charge in [-0.2, -0.15) is 0 Å². The van der Waals surface area contributed by atoms with Crippen molar-refractivity contribution < 1.29 is 18.7 Å². The van der Waals surface area contributed by atoms with Crippen molar-refractivity contribution in [2.75, 3.05) is 19.0 Å². The molecule has 29 heavy (non-hydrogen) atoms. The summed E-state index contributed by atoms with van der Waals surface area (Å²) in [5.41, 5.74) is 6.96. The van der Waals surface area contributed by atoms with Crippen LogP contribution < -0.4 is 26.1 Å². The first kappa shape index (κ1) is 19.0. The Labute approximate surface area is 167 Å². The Hall–Kier alpha value is -3.32. The maximum absolute atomic E-state index is 12.7. The monoisotopic (exact) mass is 394 g/mol. The molecule has 1 amide bonds. The van der Waals surface area contributed by atoms with Crippen LogP contribution in [0.4, 0.5) is 5.69 Å². The fourth-order valence-electron chi connectivity index (χ4n) is 3.25. The lowest BCUT2D eigenvalue weighted by Crippen LogP contribution is -2.21. The average molecular weight is 394 g/mol. The predicted octanol–water partition coefficient (Wildman–Crippen LogP) is 3.40. The Bertz CT molecular complexity index is 1130. The molecule has 1 aliphatic carbocycles. The van der Waals surface area contributed by atoms with Gasteiger partial charge in [-0.1, -0.05) is 12.1 Å². The second kappa shape index (κ2) is 7.25. The molecule has 0 unspecified atom stereocenters. The van der Waals surface area contributed by atoms with Gasteiger partial charge in [0.05, 0.1) is 13.7 Å². The van der Waals surface area contributed by atoms with Crippen LogP contribution >= 0.6 is 0 Å². The average Bonchev–Trinajstić information content (AvgIpc) is 3.47. The van der Waals surface area contributed by atoms with Crippen LogP contribution in [0.1, 0.15) is 35.7 Å². The lowest BCUT2D eigenvalue weighted by Gasteiger charge is -2.12. The third-order valence-electron chi connectivity index (χ3n) is 5.08. The number of carbonyl (C=O) groups is 1. The van der Waals surface area contributed by atoms with Crippen LogP contribution in [0.5, 0.6) is 11.5 Å². The number of benzene rings is 2. The van der Waals surface area contributed by atoms with Gasteiger partial charge in [-0.25, -0.2) is 4.79 Å². The highest BCUT2D eigenvalue weighted by Gasteiger charge is 2.39. The van der Waals surface area contributed by atoms with E-state index in [9.17, 15) is 9.59 Å². The van der Waals surface area contributed by atoms with Crippen LogP contribution in [0.3, 0.4) is 0 Å². The molecule has 3 aromatic rings. The second-order valence-electron chi connectivity index (χ2n) is 7.08. The van der Waals surface area contributed by atoms with Crippen molar-refractivity contribution in [3.8, 4) is 11.5 Å². The molecule has 7 heteroatoms. The van der Waals surface area contributed by atoms with Crippen molar-refractivity contribution in [3.63, 3.8) is 0 Å². The number of ether oxygens (including phenoxy) is 2. The fourth-order valence-corrected chi connectivity index (χ4v) is 3.25. The molecule has 4 rings (SSSR count). The number of nitrogens with two attached hydrogens (primary N) is 1. The van der Waals surface area contributed by atoms with E-state index >= 15 is 0 Å². The van der Waals surface area contributed by atoms with E-state index < -0.39 is 11.5 Å². The molecule has 1 aliphatic rings. The summed E-state index contributed by atoms with van der Waals surface area (Å²) in [6.07, 6.45) is 1.93. The highest BCUT2D eigenvalue weighted by atomic mass is 16.5. The molecule has 0 aliphatic heterocycles. The van der Waals surface area contributed by atoms with Gasteiger partial charge in [-0.05, 0) is 55.7 Å². The molecular formula is C22H22N2O5. The maximum atomic E-state index is 12.7. The van der Waals surface area contributed by atoms with Crippen molar-refractivity contribution in [1.82, 2.24) is 0 Å². The summed E-state index contributed by atoms with van der Waals surface area (Å²) >= 11 is 0. The smallest absolute Gasteiger partial charge is 0.349 e. The highest BCUT2D eigenvalue weighted by molar-refractivity contribution is 6.05. The van der Waals surface area contributed by atoms with Gasteiger partial charge in [-0.3, -0.25) is 4.79 Å². The summed E-state index contributed by atoms with van der Waals surface area (Å²) < 4.78 is 16.2. The van der Waals surface area contributed by atoms with E-state index in [1.807, 2.05) is 19.1 Å². The van der Waals surface area contributed by atoms with Crippen molar-refractivity contribution in [3.05, 3.63) is 64.0 Å². The molecule has 1 saturated carbocycles. The molecule has 1 fully saturated rings. The van der Waals surface area contributed by atoms with Gasteiger partial charge < -0.3 is 24.9 Å². The quantitative estimate of drug-likeness (QED) is 0.621. The minimum Gasteiger partial charge on any atom is -0.493 e. The van der Waals surface area contributed by atoms with E-state index in [0.717, 1.165) is 18.4 Å². The molecular weight excluding hydrogens is 372 g/mol. The normalized spacial score (nSPS) is 14.4. The summed E-state index contributed by atoms with van der Waals surface area (Å²) in [5.74, 6) is 0.243. The summed E-state index contributed by atoms with van der Waals surface area (Å²) in [7, 11) is 1.50. The van der Waals surface area contributed by atoms with E-state index in [-0.39, 0.29) is 16.7 Å². The fraction of sp³-hybridized carbons (Fsp3) is 0.273. The van der Waals surface area contributed by atoms with Crippen LogP contribution in [0, 0.1) is 0 Å². The topological polar surface area (TPSA) is 104 Å². The SMILES string of the molecule is CCOc1c(OC)ccc2cc(C(=O)Nc3ccc(C4(N)CC4)cc3)c(=O)oc12. The number of fused-ring (bicyclic) bond motifs is 1. The Morgan fingerprint density at radius 1 is 1.21 bits per heavy atom. The van der Waals surface area contributed by atoms with Gasteiger partial charge >= 0.3 is 5.63 Å². The number of methoxy groups -OCH3 is 1. The van der Waals surface area contributed by atoms with Crippen molar-refractivity contribution in [2.45, 2.75) is 25.3 Å². The molecule has 2 aromatic carbocycles. The molecule has 0 bridgehead atoms. The number of amides is 1. The number of rotatable bonds is 6. The molecule has 0 saturated heterocycles. The van der Waals surface area contributed by atoms with Gasteiger partial charge in [0.1, 0.15) is 5.56 Å². The minimum absolute atomic E-state index is 0.0910. The largest absolute Gasteiger partial charge is 0.493 e. The zero-order valence-electron chi connectivity index (χ0n) is 16.3. The number of nitrogens with one attached hydrogen (secondary N) is 1. The molecule has 150 valence electrons. The first-order chi connectivity index (χ1) is 13.9. The van der Waals surface area contributed by atoms with Crippen LogP contribution in [-0.4, -0.2) is 19.6 Å². The first-order valence-electron chi connectivity index (χ1n) is 9.43. The molecule has 1 heterocycles. The van der Waals surface area contributed by atoms with Crippen LogP contribution in [0.2, 0.25) is 0 Å². The lowest BCUT2D eigenvalue weighted by molar-refractivity contribution is 0.102. The van der Waals surface area contributed by atoms with E-state index in [1.54, 1.807) is 24.3 Å². The Kier molecular flexibility index (Phi) is 4.76. The molecule has 7 nitrogen and oxygen atoms in total. The third kappa shape index (κ3) is 3.56. The molecule has 1 aromatic heterocycles. The van der Waals surface area contributed by atoms with Crippen LogP contribution in [0.25, 0.3) is 11.0 Å². The molecule has 0 radical (unpaired) electrons. The van der Waals surface area contributed by atoms with Gasteiger partial charge in [-0.15, -0.1) is 0 Å². The van der Waals surface area contributed by atoms with Crippen molar-refractivity contribution >= 4 is 22.6 Å². The van der Waals surface area contributed by atoms with Gasteiger partial charge in [0.25, 0.3) is 5.91 Å². The summed E-state index contributed by atoms with van der Waals surface area (Å²) in [5, 5.41) is 3.29. The zero-order valence-corrected chi connectivity index (χ0v) is 16.3. The van der Waals surface area contributed by atoms with Gasteiger partial charge in [0, 0.05) is 16.6 Å². The van der Waals surface area contributed by atoms with E-state index in [4.69, 9.17) is 19.6 Å². The predicted molar refractivity (Wildman–Crippen MR) is 110 cm³/mol. The molecule has 3 N–H and O–H groups in total. The molecule has 0 spiro atoms. The van der Waals surface area contributed by atoms with E-state index in [2.05, 4.69) is 5.32 Å². The minimum atomic E-state index is -0.750. The summed E-state index contributed by atoms with van der Waals surface area (Å²) in [6, 6.07) is 12.3. The van der Waals surface area contributed by atoms with Crippen molar-refractivity contribution in [2.24, 2.45) is 5.73 Å². The lowest BCUT2D eigenvalue weighted by atomic mass is 10.1. The van der Waals surface area contributed by atoms with Crippen LogP contribution in [0.15, 0.2) is 51.7 Å². The Morgan fingerprint density at radius 3 is 2.55 bits per heavy atom. The Morgan fingerprint density at radius 2 is 1.93 bits per heavy atom. The summed E-state index contributed by atoms with van der Waals surface area (Å²) in [6.45, 7) is 2.20. The number of carbonyl (C=O) groups excluding carboxylic acids is 1. The number of hydrogen-bond acceptors (Lipinski definition) is 6. The maximum Gasteiger partial charge on any atom is 0.349 e. The van der Waals surface area contributed by atoms with Gasteiger partial charge in [0.2, 0.25) is 5.75 Å². The number of anilines is 1. The van der Waals surface area contributed by atoms with Gasteiger partial charge in [0.15, 0.2) is 11.3 Å². The highest BCUT2D eigenvalue weighted by Crippen LogP contribution is 2.42. The first-order valence-corrected chi connectivity index (χ1v) is 9.43. The Balaban J connectivity index is 1.64. The van der Waals surface area contributed by atoms with E-state index in [0.29, 0.717) is 29.2 Å². The van der Waals surface area contributed by atoms with E-state index in [1.165, 1.54) is 13.2 Å². The summed E-state index contributed by atoms with van der Waals surface area (Å²) in [4.78, 5) is 25.1. The zero-order chi connectivity index (χ0) is 20.6. The van der Waals surface area contributed by atoms with Crippen molar-refractivity contribution in [1.29, 1.82) is 0 Å². The standard InChI is InChI=1S/C22H22N2O5/c1-3-28-19-17(27-2)9-4-13-12-16(21(26)29-18(13)19)20(25)24-15-7-5-14(6-8-15)22(23)10-11-22/h4-9,12H,3,10-11,23H2,1-2H3,(H,24,25).